The second kappa shape index (κ2) is 7.99. The number of nitrogens with one attached hydrogen (secondary N) is 1. The van der Waals surface area contributed by atoms with Crippen LogP contribution in [0.15, 0.2) is 35.6 Å². The number of carbonyl (C=O) groups is 1. The first-order valence-electron chi connectivity index (χ1n) is 7.38. The second-order valence-corrected chi connectivity index (χ2v) is 4.93. The van der Waals surface area contributed by atoms with E-state index >= 15 is 0 Å². The van der Waals surface area contributed by atoms with Crippen LogP contribution in [0, 0.1) is 16.1 Å². The molecule has 0 bridgehead atoms. The summed E-state index contributed by atoms with van der Waals surface area (Å²) in [4.78, 5) is 22.2. The average Bonchev–Trinajstić information content (AvgIpc) is 2.95. The van der Waals surface area contributed by atoms with E-state index in [0.717, 1.165) is 10.9 Å². The Bertz CT molecular complexity index is 805. The lowest BCUT2D eigenvalue weighted by atomic mass is 10.3. The highest BCUT2D eigenvalue weighted by Gasteiger charge is 2.20. The number of benzene rings is 1. The molecule has 1 N–H and O–H groups in total. The van der Waals surface area contributed by atoms with Gasteiger partial charge in [-0.1, -0.05) is 12.1 Å². The molecule has 1 aromatic heterocycles. The van der Waals surface area contributed by atoms with Crippen LogP contribution in [0.4, 0.5) is 10.1 Å². The second-order valence-electron chi connectivity index (χ2n) is 4.93. The van der Waals surface area contributed by atoms with Crippen LogP contribution >= 0.6 is 0 Å². The molecule has 0 saturated carbocycles. The van der Waals surface area contributed by atoms with E-state index in [1.165, 1.54) is 31.3 Å². The van der Waals surface area contributed by atoms with Gasteiger partial charge in [0.25, 0.3) is 5.91 Å². The maximum absolute atomic E-state index is 13.7. The number of nitro groups is 1. The fraction of sp³-hybridized carbons (Fsp3) is 0.267. The lowest BCUT2D eigenvalue weighted by Gasteiger charge is -2.12. The molecule has 0 saturated heterocycles. The SMILES string of the molecule is CCn1ncc(/C=N\NC(=O)[C@H](C)Oc2ccccc2[N+](=O)[O-])c1F. The topological polar surface area (TPSA) is 112 Å². The van der Waals surface area contributed by atoms with E-state index in [4.69, 9.17) is 4.74 Å². The molecule has 0 fully saturated rings. The normalized spacial score (nSPS) is 12.1. The molecule has 0 radical (unpaired) electrons. The molecule has 0 unspecified atom stereocenters. The summed E-state index contributed by atoms with van der Waals surface area (Å²) in [5.41, 5.74) is 2.06. The monoisotopic (exact) mass is 349 g/mol. The number of hydrazone groups is 1. The summed E-state index contributed by atoms with van der Waals surface area (Å²) in [5, 5.41) is 18.4. The average molecular weight is 349 g/mol. The number of ether oxygens (including phenoxy) is 1. The van der Waals surface area contributed by atoms with Gasteiger partial charge in [-0.2, -0.15) is 14.6 Å². The molecule has 2 aromatic rings. The van der Waals surface area contributed by atoms with Gasteiger partial charge in [-0.15, -0.1) is 0 Å². The number of hydrogen-bond acceptors (Lipinski definition) is 6. The number of aryl methyl sites for hydroxylation is 1. The summed E-state index contributed by atoms with van der Waals surface area (Å²) in [6.07, 6.45) is 1.35. The Kier molecular flexibility index (Phi) is 5.77. The van der Waals surface area contributed by atoms with E-state index in [-0.39, 0.29) is 17.0 Å². The van der Waals surface area contributed by atoms with Crippen molar-refractivity contribution in [2.45, 2.75) is 26.5 Å². The van der Waals surface area contributed by atoms with Gasteiger partial charge in [0.1, 0.15) is 0 Å². The summed E-state index contributed by atoms with van der Waals surface area (Å²) in [6, 6.07) is 5.70. The fourth-order valence-corrected chi connectivity index (χ4v) is 1.90. The summed E-state index contributed by atoms with van der Waals surface area (Å²) in [7, 11) is 0. The number of halogens is 1. The van der Waals surface area contributed by atoms with Crippen LogP contribution in [0.25, 0.3) is 0 Å². The van der Waals surface area contributed by atoms with Crippen molar-refractivity contribution >= 4 is 17.8 Å². The maximum atomic E-state index is 13.7. The van der Waals surface area contributed by atoms with Crippen LogP contribution in [0.1, 0.15) is 19.4 Å². The number of para-hydroxylation sites is 2. The molecule has 0 aliphatic heterocycles. The molecule has 132 valence electrons. The number of nitrogens with zero attached hydrogens (tertiary/aromatic N) is 4. The van der Waals surface area contributed by atoms with Crippen molar-refractivity contribution in [2.75, 3.05) is 0 Å². The van der Waals surface area contributed by atoms with Gasteiger partial charge < -0.3 is 4.74 Å². The molecule has 0 aliphatic rings. The molecular formula is C15H16FN5O4. The first-order chi connectivity index (χ1) is 11.9. The highest BCUT2D eigenvalue weighted by Crippen LogP contribution is 2.26. The minimum absolute atomic E-state index is 0.0330. The largest absolute Gasteiger partial charge is 0.474 e. The van der Waals surface area contributed by atoms with Crippen LogP contribution in [0.2, 0.25) is 0 Å². The Morgan fingerprint density at radius 3 is 2.92 bits per heavy atom. The highest BCUT2D eigenvalue weighted by molar-refractivity contribution is 5.84. The zero-order valence-corrected chi connectivity index (χ0v) is 13.5. The van der Waals surface area contributed by atoms with Gasteiger partial charge in [-0.3, -0.25) is 14.9 Å². The molecule has 1 atom stereocenters. The quantitative estimate of drug-likeness (QED) is 0.466. The highest BCUT2D eigenvalue weighted by atomic mass is 19.1. The minimum Gasteiger partial charge on any atom is -0.474 e. The van der Waals surface area contributed by atoms with Crippen LogP contribution in [0.5, 0.6) is 5.75 Å². The van der Waals surface area contributed by atoms with E-state index in [1.54, 1.807) is 13.0 Å². The van der Waals surface area contributed by atoms with Crippen LogP contribution in [0.3, 0.4) is 0 Å². The van der Waals surface area contributed by atoms with Crippen molar-refractivity contribution in [3.8, 4) is 5.75 Å². The summed E-state index contributed by atoms with van der Waals surface area (Å²) < 4.78 is 20.2. The third-order valence-corrected chi connectivity index (χ3v) is 3.21. The first-order valence-corrected chi connectivity index (χ1v) is 7.38. The zero-order chi connectivity index (χ0) is 18.4. The van der Waals surface area contributed by atoms with E-state index < -0.39 is 22.9 Å². The van der Waals surface area contributed by atoms with Gasteiger partial charge in [-0.05, 0) is 19.9 Å². The number of carbonyl (C=O) groups excluding carboxylic acids is 1. The van der Waals surface area contributed by atoms with Gasteiger partial charge in [0.15, 0.2) is 11.9 Å². The van der Waals surface area contributed by atoms with Crippen molar-refractivity contribution < 1.29 is 18.8 Å². The molecule has 10 heteroatoms. The van der Waals surface area contributed by atoms with Crippen molar-refractivity contribution in [1.82, 2.24) is 15.2 Å². The Hall–Kier alpha value is -3.30. The molecule has 9 nitrogen and oxygen atoms in total. The number of rotatable bonds is 7. The summed E-state index contributed by atoms with van der Waals surface area (Å²) in [6.45, 7) is 3.52. The van der Waals surface area contributed by atoms with Crippen molar-refractivity contribution in [2.24, 2.45) is 5.10 Å². The van der Waals surface area contributed by atoms with Crippen LogP contribution < -0.4 is 10.2 Å². The Labute approximate surface area is 142 Å². The smallest absolute Gasteiger partial charge is 0.310 e. The third-order valence-electron chi connectivity index (χ3n) is 3.21. The van der Waals surface area contributed by atoms with Gasteiger partial charge in [0.2, 0.25) is 5.95 Å². The first kappa shape index (κ1) is 18.0. The summed E-state index contributed by atoms with van der Waals surface area (Å²) >= 11 is 0. The number of amides is 1. The Morgan fingerprint density at radius 2 is 2.28 bits per heavy atom. The minimum atomic E-state index is -1.04. The molecule has 1 amide bonds. The molecule has 1 heterocycles. The maximum Gasteiger partial charge on any atom is 0.310 e. The van der Waals surface area contributed by atoms with Gasteiger partial charge in [0, 0.05) is 12.6 Å². The molecule has 0 spiro atoms. The molecule has 1 aromatic carbocycles. The van der Waals surface area contributed by atoms with Crippen molar-refractivity contribution in [3.63, 3.8) is 0 Å². The number of nitro benzene ring substituents is 1. The van der Waals surface area contributed by atoms with E-state index in [1.807, 2.05) is 0 Å². The van der Waals surface area contributed by atoms with Crippen molar-refractivity contribution in [1.29, 1.82) is 0 Å². The van der Waals surface area contributed by atoms with Crippen molar-refractivity contribution in [3.05, 3.63) is 52.1 Å². The molecule has 2 rings (SSSR count). The Morgan fingerprint density at radius 1 is 1.56 bits per heavy atom. The predicted molar refractivity (Wildman–Crippen MR) is 86.8 cm³/mol. The van der Waals surface area contributed by atoms with Crippen LogP contribution in [-0.4, -0.2) is 32.9 Å². The molecular weight excluding hydrogens is 333 g/mol. The number of aromatic nitrogens is 2. The standard InChI is InChI=1S/C15H16FN5O4/c1-3-20-14(16)11(9-18-20)8-17-19-15(22)10(2)25-13-7-5-4-6-12(13)21(23)24/h4-10H,3H2,1-2H3,(H,19,22)/b17-8-/t10-/m0/s1. The lowest BCUT2D eigenvalue weighted by molar-refractivity contribution is -0.386. The molecule has 0 aliphatic carbocycles. The van der Waals surface area contributed by atoms with Gasteiger partial charge in [-0.25, -0.2) is 10.1 Å². The predicted octanol–water partition coefficient (Wildman–Crippen LogP) is 1.87. The van der Waals surface area contributed by atoms with E-state index in [2.05, 4.69) is 15.6 Å². The van der Waals surface area contributed by atoms with Gasteiger partial charge >= 0.3 is 5.69 Å². The van der Waals surface area contributed by atoms with Crippen LogP contribution in [-0.2, 0) is 11.3 Å². The number of hydrogen-bond donors (Lipinski definition) is 1. The zero-order valence-electron chi connectivity index (χ0n) is 13.5. The van der Waals surface area contributed by atoms with E-state index in [9.17, 15) is 19.3 Å². The third kappa shape index (κ3) is 4.37. The molecule has 25 heavy (non-hydrogen) atoms. The Balaban J connectivity index is 1.98. The lowest BCUT2D eigenvalue weighted by Crippen LogP contribution is -2.33. The van der Waals surface area contributed by atoms with E-state index in [0.29, 0.717) is 6.54 Å². The van der Waals surface area contributed by atoms with Gasteiger partial charge in [0.05, 0.1) is 22.9 Å². The summed E-state index contributed by atoms with van der Waals surface area (Å²) in [5.74, 6) is -1.24. The fourth-order valence-electron chi connectivity index (χ4n) is 1.90.